The molecule has 5 heteroatoms. The molecule has 0 amide bonds. The Morgan fingerprint density at radius 1 is 1.27 bits per heavy atom. The number of hydrogen-bond donors (Lipinski definition) is 1. The summed E-state index contributed by atoms with van der Waals surface area (Å²) in [7, 11) is 0. The molecule has 1 aliphatic rings. The molecule has 2 aromatic heterocycles. The van der Waals surface area contributed by atoms with Crippen molar-refractivity contribution >= 4 is 0 Å². The summed E-state index contributed by atoms with van der Waals surface area (Å²) in [4.78, 5) is 19.5. The molecule has 3 rings (SSSR count). The third-order valence-corrected chi connectivity index (χ3v) is 4.40. The quantitative estimate of drug-likeness (QED) is 0.946. The van der Waals surface area contributed by atoms with Gasteiger partial charge in [-0.1, -0.05) is 0 Å². The van der Waals surface area contributed by atoms with Crippen molar-refractivity contribution in [2.24, 2.45) is 0 Å². The van der Waals surface area contributed by atoms with Crippen LogP contribution in [0, 0.1) is 13.8 Å². The summed E-state index contributed by atoms with van der Waals surface area (Å²) in [5, 5.41) is 0. The van der Waals surface area contributed by atoms with E-state index in [1.807, 2.05) is 20.0 Å². The van der Waals surface area contributed by atoms with Crippen molar-refractivity contribution in [3.8, 4) is 11.5 Å². The summed E-state index contributed by atoms with van der Waals surface area (Å²) in [5.74, 6) is 2.15. The SMILES string of the molecule is Cc1nc(-c2ncc(C)[nH]2)cc(C2CCCN(C(C)C)C2)n1. The third kappa shape index (κ3) is 3.19. The summed E-state index contributed by atoms with van der Waals surface area (Å²) in [6.07, 6.45) is 4.28. The van der Waals surface area contributed by atoms with E-state index in [2.05, 4.69) is 39.8 Å². The second kappa shape index (κ2) is 6.16. The van der Waals surface area contributed by atoms with Gasteiger partial charge in [0.1, 0.15) is 11.5 Å². The van der Waals surface area contributed by atoms with Gasteiger partial charge in [0.25, 0.3) is 0 Å². The highest BCUT2D eigenvalue weighted by atomic mass is 15.2. The standard InChI is InChI=1S/C17H25N5/c1-11(2)22-7-5-6-14(10-22)15-8-16(21-13(4)20-15)17-18-9-12(3)19-17/h8-9,11,14H,5-7,10H2,1-4H3,(H,18,19). The lowest BCUT2D eigenvalue weighted by molar-refractivity contribution is 0.166. The van der Waals surface area contributed by atoms with E-state index in [1.54, 1.807) is 0 Å². The van der Waals surface area contributed by atoms with Gasteiger partial charge < -0.3 is 9.88 Å². The maximum Gasteiger partial charge on any atom is 0.156 e. The van der Waals surface area contributed by atoms with Gasteiger partial charge in [-0.05, 0) is 53.1 Å². The van der Waals surface area contributed by atoms with Gasteiger partial charge in [-0.25, -0.2) is 15.0 Å². The number of aryl methyl sites for hydroxylation is 2. The van der Waals surface area contributed by atoms with E-state index in [1.165, 1.54) is 19.4 Å². The molecule has 3 heterocycles. The number of nitrogens with zero attached hydrogens (tertiary/aromatic N) is 4. The lowest BCUT2D eigenvalue weighted by Gasteiger charge is -2.35. The molecule has 1 atom stereocenters. The van der Waals surface area contributed by atoms with Crippen LogP contribution >= 0.6 is 0 Å². The predicted octanol–water partition coefficient (Wildman–Crippen LogP) is 3.07. The van der Waals surface area contributed by atoms with Crippen LogP contribution in [-0.4, -0.2) is 44.0 Å². The normalized spacial score (nSPS) is 19.8. The van der Waals surface area contributed by atoms with Gasteiger partial charge in [-0.3, -0.25) is 0 Å². The fourth-order valence-corrected chi connectivity index (χ4v) is 3.18. The van der Waals surface area contributed by atoms with Crippen molar-refractivity contribution in [2.45, 2.75) is 52.5 Å². The first-order chi connectivity index (χ1) is 10.5. The number of likely N-dealkylation sites (tertiary alicyclic amines) is 1. The Balaban J connectivity index is 1.89. The molecule has 1 N–H and O–H groups in total. The Kier molecular flexibility index (Phi) is 4.25. The van der Waals surface area contributed by atoms with Crippen LogP contribution in [0.3, 0.4) is 0 Å². The topological polar surface area (TPSA) is 57.7 Å². The first-order valence-corrected chi connectivity index (χ1v) is 8.14. The van der Waals surface area contributed by atoms with Crippen LogP contribution in [0.5, 0.6) is 0 Å². The smallest absolute Gasteiger partial charge is 0.156 e. The van der Waals surface area contributed by atoms with E-state index < -0.39 is 0 Å². The Morgan fingerprint density at radius 2 is 2.09 bits per heavy atom. The third-order valence-electron chi connectivity index (χ3n) is 4.40. The number of piperidine rings is 1. The predicted molar refractivity (Wildman–Crippen MR) is 87.8 cm³/mol. The van der Waals surface area contributed by atoms with Crippen molar-refractivity contribution in [1.29, 1.82) is 0 Å². The number of aromatic amines is 1. The summed E-state index contributed by atoms with van der Waals surface area (Å²) >= 11 is 0. The number of nitrogens with one attached hydrogen (secondary N) is 1. The minimum atomic E-state index is 0.493. The molecule has 5 nitrogen and oxygen atoms in total. The van der Waals surface area contributed by atoms with E-state index in [0.717, 1.165) is 35.3 Å². The molecule has 0 spiro atoms. The van der Waals surface area contributed by atoms with Crippen LogP contribution in [0.25, 0.3) is 11.5 Å². The highest BCUT2D eigenvalue weighted by Crippen LogP contribution is 2.28. The average molecular weight is 299 g/mol. The Hall–Kier alpha value is -1.75. The Bertz CT molecular complexity index is 646. The van der Waals surface area contributed by atoms with Gasteiger partial charge in [0.15, 0.2) is 5.82 Å². The van der Waals surface area contributed by atoms with Gasteiger partial charge in [-0.15, -0.1) is 0 Å². The van der Waals surface area contributed by atoms with Crippen LogP contribution in [-0.2, 0) is 0 Å². The molecule has 118 valence electrons. The highest BCUT2D eigenvalue weighted by molar-refractivity contribution is 5.50. The van der Waals surface area contributed by atoms with Gasteiger partial charge in [0.2, 0.25) is 0 Å². The van der Waals surface area contributed by atoms with E-state index in [0.29, 0.717) is 12.0 Å². The molecular formula is C17H25N5. The number of rotatable bonds is 3. The maximum absolute atomic E-state index is 4.70. The summed E-state index contributed by atoms with van der Waals surface area (Å²) < 4.78 is 0. The number of hydrogen-bond acceptors (Lipinski definition) is 4. The first-order valence-electron chi connectivity index (χ1n) is 8.14. The number of imidazole rings is 1. The monoisotopic (exact) mass is 299 g/mol. The lowest BCUT2D eigenvalue weighted by Crippen LogP contribution is -2.39. The molecule has 1 fully saturated rings. The van der Waals surface area contributed by atoms with E-state index in [4.69, 9.17) is 4.98 Å². The molecular weight excluding hydrogens is 274 g/mol. The maximum atomic E-state index is 4.70. The zero-order chi connectivity index (χ0) is 15.7. The Labute approximate surface area is 132 Å². The fraction of sp³-hybridized carbons (Fsp3) is 0.588. The average Bonchev–Trinajstić information content (AvgIpc) is 2.93. The lowest BCUT2D eigenvalue weighted by atomic mass is 9.93. The molecule has 22 heavy (non-hydrogen) atoms. The van der Waals surface area contributed by atoms with Crippen molar-refractivity contribution < 1.29 is 0 Å². The molecule has 0 bridgehead atoms. The van der Waals surface area contributed by atoms with E-state index in [9.17, 15) is 0 Å². The zero-order valence-electron chi connectivity index (χ0n) is 13.9. The van der Waals surface area contributed by atoms with Crippen molar-refractivity contribution in [2.75, 3.05) is 13.1 Å². The zero-order valence-corrected chi connectivity index (χ0v) is 13.9. The summed E-state index contributed by atoms with van der Waals surface area (Å²) in [6.45, 7) is 10.8. The molecule has 0 radical (unpaired) electrons. The highest BCUT2D eigenvalue weighted by Gasteiger charge is 2.24. The number of H-pyrrole nitrogens is 1. The molecule has 0 aliphatic carbocycles. The largest absolute Gasteiger partial charge is 0.341 e. The summed E-state index contributed by atoms with van der Waals surface area (Å²) in [6, 6.07) is 2.71. The van der Waals surface area contributed by atoms with Crippen LogP contribution in [0.1, 0.15) is 49.8 Å². The van der Waals surface area contributed by atoms with Gasteiger partial charge in [0, 0.05) is 36.1 Å². The molecule has 1 saturated heterocycles. The van der Waals surface area contributed by atoms with Crippen LogP contribution in [0.4, 0.5) is 0 Å². The molecule has 0 saturated carbocycles. The molecule has 2 aromatic rings. The Morgan fingerprint density at radius 3 is 2.77 bits per heavy atom. The van der Waals surface area contributed by atoms with Gasteiger partial charge in [0.05, 0.1) is 0 Å². The van der Waals surface area contributed by atoms with Gasteiger partial charge in [-0.2, -0.15) is 0 Å². The van der Waals surface area contributed by atoms with Crippen molar-refractivity contribution in [3.63, 3.8) is 0 Å². The molecule has 1 unspecified atom stereocenters. The van der Waals surface area contributed by atoms with Crippen molar-refractivity contribution in [3.05, 3.63) is 29.5 Å². The second-order valence-corrected chi connectivity index (χ2v) is 6.57. The molecule has 1 aliphatic heterocycles. The van der Waals surface area contributed by atoms with Crippen LogP contribution in [0.15, 0.2) is 12.3 Å². The van der Waals surface area contributed by atoms with Crippen LogP contribution < -0.4 is 0 Å². The fourth-order valence-electron chi connectivity index (χ4n) is 3.18. The minimum Gasteiger partial charge on any atom is -0.341 e. The number of aromatic nitrogens is 4. The molecule has 0 aromatic carbocycles. The summed E-state index contributed by atoms with van der Waals surface area (Å²) in [5.41, 5.74) is 3.11. The van der Waals surface area contributed by atoms with E-state index in [-0.39, 0.29) is 0 Å². The van der Waals surface area contributed by atoms with Gasteiger partial charge >= 0.3 is 0 Å². The first kappa shape index (κ1) is 15.2. The van der Waals surface area contributed by atoms with Crippen LogP contribution in [0.2, 0.25) is 0 Å². The van der Waals surface area contributed by atoms with E-state index >= 15 is 0 Å². The second-order valence-electron chi connectivity index (χ2n) is 6.57. The minimum absolute atomic E-state index is 0.493. The van der Waals surface area contributed by atoms with Crippen molar-refractivity contribution in [1.82, 2.24) is 24.8 Å².